The zero-order valence-electron chi connectivity index (χ0n) is 14.9. The fourth-order valence-corrected chi connectivity index (χ4v) is 3.08. The van der Waals surface area contributed by atoms with Crippen LogP contribution in [0.15, 0.2) is 35.5 Å². The molecule has 0 fully saturated rings. The Labute approximate surface area is 152 Å². The van der Waals surface area contributed by atoms with Crippen molar-refractivity contribution < 1.29 is 4.79 Å². The molecule has 134 valence electrons. The first-order valence-corrected chi connectivity index (χ1v) is 9.17. The minimum Gasteiger partial charge on any atom is -0.356 e. The summed E-state index contributed by atoms with van der Waals surface area (Å²) in [6.07, 6.45) is 2.76. The predicted molar refractivity (Wildman–Crippen MR) is 103 cm³/mol. The van der Waals surface area contributed by atoms with Crippen molar-refractivity contribution in [3.63, 3.8) is 0 Å². The lowest BCUT2D eigenvalue weighted by molar-refractivity contribution is 0.0955. The van der Waals surface area contributed by atoms with Crippen LogP contribution in [-0.2, 0) is 13.0 Å². The minimum atomic E-state index is -0.0504. The number of guanidine groups is 1. The topological polar surface area (TPSA) is 78.4 Å². The minimum absolute atomic E-state index is 0.0504. The van der Waals surface area contributed by atoms with Crippen molar-refractivity contribution in [3.8, 4) is 0 Å². The second-order valence-electron chi connectivity index (χ2n) is 5.53. The molecule has 0 aliphatic heterocycles. The monoisotopic (exact) mass is 359 g/mol. The van der Waals surface area contributed by atoms with Crippen LogP contribution in [0.25, 0.3) is 0 Å². The van der Waals surface area contributed by atoms with Gasteiger partial charge in [0.25, 0.3) is 5.91 Å². The molecule has 1 amide bonds. The zero-order chi connectivity index (χ0) is 18.1. The highest BCUT2D eigenvalue weighted by atomic mass is 32.1. The van der Waals surface area contributed by atoms with Crippen LogP contribution in [0.3, 0.4) is 0 Å². The third-order valence-corrected chi connectivity index (χ3v) is 4.48. The van der Waals surface area contributed by atoms with Gasteiger partial charge in [-0.15, -0.1) is 11.3 Å². The lowest BCUT2D eigenvalue weighted by atomic mass is 10.1. The van der Waals surface area contributed by atoms with Gasteiger partial charge in [0, 0.05) is 49.7 Å². The van der Waals surface area contributed by atoms with E-state index in [1.54, 1.807) is 18.4 Å². The maximum Gasteiger partial charge on any atom is 0.251 e. The summed E-state index contributed by atoms with van der Waals surface area (Å²) in [7, 11) is 1.74. The molecular formula is C18H25N5OS. The van der Waals surface area contributed by atoms with Gasteiger partial charge in [-0.3, -0.25) is 9.79 Å². The van der Waals surface area contributed by atoms with Crippen LogP contribution in [0, 0.1) is 6.92 Å². The molecule has 3 N–H and O–H groups in total. The van der Waals surface area contributed by atoms with Crippen molar-refractivity contribution in [2.75, 3.05) is 20.1 Å². The van der Waals surface area contributed by atoms with Crippen LogP contribution in [0.5, 0.6) is 0 Å². The second-order valence-corrected chi connectivity index (χ2v) is 6.85. The largest absolute Gasteiger partial charge is 0.356 e. The van der Waals surface area contributed by atoms with Crippen molar-refractivity contribution >= 4 is 23.2 Å². The summed E-state index contributed by atoms with van der Waals surface area (Å²) < 4.78 is 0. The summed E-state index contributed by atoms with van der Waals surface area (Å²) in [5.41, 5.74) is 1.70. The molecule has 1 aromatic carbocycles. The van der Waals surface area contributed by atoms with Crippen LogP contribution in [0.1, 0.15) is 32.7 Å². The van der Waals surface area contributed by atoms with Gasteiger partial charge in [-0.25, -0.2) is 4.98 Å². The van der Waals surface area contributed by atoms with Gasteiger partial charge in [-0.1, -0.05) is 12.1 Å². The Bertz CT molecular complexity index is 726. The molecule has 0 aliphatic rings. The normalized spacial score (nSPS) is 11.2. The molecule has 1 heterocycles. The van der Waals surface area contributed by atoms with Crippen LogP contribution >= 0.6 is 11.3 Å². The fraction of sp³-hybridized carbons (Fsp3) is 0.389. The van der Waals surface area contributed by atoms with Gasteiger partial charge < -0.3 is 16.0 Å². The van der Waals surface area contributed by atoms with Gasteiger partial charge in [0.1, 0.15) is 0 Å². The molecule has 0 spiro atoms. The van der Waals surface area contributed by atoms with E-state index in [9.17, 15) is 4.79 Å². The first kappa shape index (κ1) is 18.9. The summed E-state index contributed by atoms with van der Waals surface area (Å²) in [6, 6.07) is 7.59. The molecule has 0 saturated carbocycles. The van der Waals surface area contributed by atoms with E-state index in [0.717, 1.165) is 29.5 Å². The summed E-state index contributed by atoms with van der Waals surface area (Å²) in [5.74, 6) is 0.683. The lowest BCUT2D eigenvalue weighted by Gasteiger charge is -2.12. The third kappa shape index (κ3) is 6.19. The predicted octanol–water partition coefficient (Wildman–Crippen LogP) is 2.11. The standard InChI is InChI=1S/C18H25N5OS/c1-4-20-17(24)15-7-5-6-14(10-15)12-23-18(19-3)21-9-8-16-22-11-13(2)25-16/h5-7,10-11H,4,8-9,12H2,1-3H3,(H,20,24)(H2,19,21,23). The van der Waals surface area contributed by atoms with E-state index in [1.807, 2.05) is 37.4 Å². The Morgan fingerprint density at radius 2 is 2.12 bits per heavy atom. The molecule has 1 aromatic heterocycles. The maximum absolute atomic E-state index is 11.9. The first-order chi connectivity index (χ1) is 12.1. The Morgan fingerprint density at radius 1 is 1.28 bits per heavy atom. The quantitative estimate of drug-likeness (QED) is 0.523. The second kappa shape index (κ2) is 9.78. The van der Waals surface area contributed by atoms with Gasteiger partial charge in [-0.05, 0) is 31.5 Å². The summed E-state index contributed by atoms with van der Waals surface area (Å²) in [6.45, 7) is 5.96. The molecule has 2 aromatic rings. The number of amides is 1. The first-order valence-electron chi connectivity index (χ1n) is 8.35. The molecule has 0 saturated heterocycles. The molecule has 7 heteroatoms. The van der Waals surface area contributed by atoms with E-state index in [2.05, 4.69) is 32.9 Å². The van der Waals surface area contributed by atoms with Gasteiger partial charge >= 0.3 is 0 Å². The van der Waals surface area contributed by atoms with E-state index in [-0.39, 0.29) is 5.91 Å². The van der Waals surface area contributed by atoms with Crippen molar-refractivity contribution in [3.05, 3.63) is 51.5 Å². The number of nitrogens with zero attached hydrogens (tertiary/aromatic N) is 2. The Kier molecular flexibility index (Phi) is 7.40. The zero-order valence-corrected chi connectivity index (χ0v) is 15.7. The average Bonchev–Trinajstić information content (AvgIpc) is 3.03. The Balaban J connectivity index is 1.82. The number of carbonyl (C=O) groups is 1. The lowest BCUT2D eigenvalue weighted by Crippen LogP contribution is -2.37. The van der Waals surface area contributed by atoms with Crippen LogP contribution < -0.4 is 16.0 Å². The Hall–Kier alpha value is -2.41. The highest BCUT2D eigenvalue weighted by Crippen LogP contribution is 2.11. The van der Waals surface area contributed by atoms with Crippen molar-refractivity contribution in [1.29, 1.82) is 0 Å². The molecule has 0 radical (unpaired) electrons. The summed E-state index contributed by atoms with van der Waals surface area (Å²) in [4.78, 5) is 21.7. The summed E-state index contributed by atoms with van der Waals surface area (Å²) >= 11 is 1.72. The molecule has 0 bridgehead atoms. The number of thiazole rings is 1. The molecule has 6 nitrogen and oxygen atoms in total. The number of benzene rings is 1. The highest BCUT2D eigenvalue weighted by Gasteiger charge is 2.05. The van der Waals surface area contributed by atoms with Gasteiger partial charge in [0.05, 0.1) is 5.01 Å². The van der Waals surface area contributed by atoms with E-state index in [4.69, 9.17) is 0 Å². The van der Waals surface area contributed by atoms with Crippen LogP contribution in [0.2, 0.25) is 0 Å². The molecular weight excluding hydrogens is 334 g/mol. The number of hydrogen-bond donors (Lipinski definition) is 3. The molecule has 0 aliphatic carbocycles. The highest BCUT2D eigenvalue weighted by molar-refractivity contribution is 7.11. The number of hydrogen-bond acceptors (Lipinski definition) is 4. The summed E-state index contributed by atoms with van der Waals surface area (Å²) in [5, 5.41) is 10.5. The number of aromatic nitrogens is 1. The SMILES string of the molecule is CCNC(=O)c1cccc(CNC(=NC)NCCc2ncc(C)s2)c1. The number of carbonyl (C=O) groups excluding carboxylic acids is 1. The van der Waals surface area contributed by atoms with Crippen molar-refractivity contribution in [1.82, 2.24) is 20.9 Å². The fourth-order valence-electron chi connectivity index (χ4n) is 2.30. The molecule has 0 atom stereocenters. The number of aliphatic imine (C=N–C) groups is 1. The maximum atomic E-state index is 11.9. The molecule has 2 rings (SSSR count). The molecule has 0 unspecified atom stereocenters. The van der Waals surface area contributed by atoms with E-state index in [1.165, 1.54) is 4.88 Å². The van der Waals surface area contributed by atoms with Crippen LogP contribution in [0.4, 0.5) is 0 Å². The smallest absolute Gasteiger partial charge is 0.251 e. The van der Waals surface area contributed by atoms with Gasteiger partial charge in [0.2, 0.25) is 0 Å². The van der Waals surface area contributed by atoms with Crippen molar-refractivity contribution in [2.24, 2.45) is 4.99 Å². The van der Waals surface area contributed by atoms with E-state index in [0.29, 0.717) is 18.7 Å². The number of aryl methyl sites for hydroxylation is 1. The Morgan fingerprint density at radius 3 is 2.80 bits per heavy atom. The average molecular weight is 359 g/mol. The van der Waals surface area contributed by atoms with Crippen LogP contribution in [-0.4, -0.2) is 37.0 Å². The van der Waals surface area contributed by atoms with Crippen molar-refractivity contribution in [2.45, 2.75) is 26.8 Å². The number of nitrogens with one attached hydrogen (secondary N) is 3. The third-order valence-electron chi connectivity index (χ3n) is 3.51. The number of rotatable bonds is 7. The van der Waals surface area contributed by atoms with Gasteiger partial charge in [-0.2, -0.15) is 0 Å². The van der Waals surface area contributed by atoms with Gasteiger partial charge in [0.15, 0.2) is 5.96 Å². The molecule has 25 heavy (non-hydrogen) atoms. The van der Waals surface area contributed by atoms with E-state index >= 15 is 0 Å². The van der Waals surface area contributed by atoms with E-state index < -0.39 is 0 Å².